The molecular weight excluding hydrogens is 334 g/mol. The number of nitriles is 1. The van der Waals surface area contributed by atoms with Crippen molar-refractivity contribution in [3.8, 4) is 6.07 Å². The van der Waals surface area contributed by atoms with Gasteiger partial charge in [0.25, 0.3) is 0 Å². The van der Waals surface area contributed by atoms with Crippen LogP contribution in [0.25, 0.3) is 5.70 Å². The average Bonchev–Trinajstić information content (AvgIpc) is 2.67. The molecule has 0 saturated heterocycles. The summed E-state index contributed by atoms with van der Waals surface area (Å²) in [5, 5.41) is 15.8. The third-order valence-corrected chi connectivity index (χ3v) is 5.58. The Kier molecular flexibility index (Phi) is 5.32. The predicted molar refractivity (Wildman–Crippen MR) is 109 cm³/mol. The summed E-state index contributed by atoms with van der Waals surface area (Å²) in [6.45, 7) is 6.20. The van der Waals surface area contributed by atoms with E-state index >= 15 is 0 Å². The summed E-state index contributed by atoms with van der Waals surface area (Å²) in [7, 11) is 0. The van der Waals surface area contributed by atoms with Gasteiger partial charge >= 0.3 is 6.03 Å². The third kappa shape index (κ3) is 3.59. The van der Waals surface area contributed by atoms with Crippen LogP contribution in [0.3, 0.4) is 0 Å². The summed E-state index contributed by atoms with van der Waals surface area (Å²) in [6.07, 6.45) is 2.53. The number of aryl methyl sites for hydroxylation is 1. The van der Waals surface area contributed by atoms with Gasteiger partial charge in [-0.2, -0.15) is 5.26 Å². The molecule has 0 aliphatic heterocycles. The lowest BCUT2D eigenvalue weighted by Crippen LogP contribution is -2.36. The normalized spacial score (nSPS) is 14.9. The first-order valence-electron chi connectivity index (χ1n) is 9.40. The Morgan fingerprint density at radius 1 is 1.11 bits per heavy atom. The molecular formula is C23H25N3O. The molecule has 3 rings (SSSR count). The van der Waals surface area contributed by atoms with E-state index in [-0.39, 0.29) is 11.4 Å². The molecule has 0 fully saturated rings. The molecule has 2 N–H and O–H groups in total. The molecule has 2 aromatic rings. The Bertz CT molecular complexity index is 933. The zero-order valence-electron chi connectivity index (χ0n) is 16.1. The van der Waals surface area contributed by atoms with Crippen molar-refractivity contribution < 1.29 is 4.79 Å². The van der Waals surface area contributed by atoms with Crippen molar-refractivity contribution in [2.75, 3.05) is 5.32 Å². The second-order valence-electron chi connectivity index (χ2n) is 7.13. The standard InChI is InChI=1S/C23H25N3O/c1-4-23(5-2)14-17-10-6-7-12-19(17)21(20(23)15-24)26-22(27)25-18-11-8-9-16(3)13-18/h6-13H,4-5,14H2,1-3H3,(H2,25,26,27). The topological polar surface area (TPSA) is 64.9 Å². The minimum absolute atomic E-state index is 0.241. The number of benzene rings is 2. The molecule has 27 heavy (non-hydrogen) atoms. The van der Waals surface area contributed by atoms with Crippen LogP contribution in [0.5, 0.6) is 0 Å². The highest BCUT2D eigenvalue weighted by atomic mass is 16.2. The van der Waals surface area contributed by atoms with Crippen LogP contribution in [0.4, 0.5) is 10.5 Å². The van der Waals surface area contributed by atoms with Crippen LogP contribution in [0, 0.1) is 23.7 Å². The summed E-state index contributed by atoms with van der Waals surface area (Å²) in [4.78, 5) is 12.7. The van der Waals surface area contributed by atoms with Gasteiger partial charge in [-0.15, -0.1) is 0 Å². The number of amides is 2. The van der Waals surface area contributed by atoms with Crippen molar-refractivity contribution in [3.63, 3.8) is 0 Å². The maximum Gasteiger partial charge on any atom is 0.323 e. The molecule has 138 valence electrons. The Morgan fingerprint density at radius 2 is 1.85 bits per heavy atom. The van der Waals surface area contributed by atoms with E-state index in [0.717, 1.165) is 36.1 Å². The molecule has 1 aliphatic carbocycles. The molecule has 0 heterocycles. The highest BCUT2D eigenvalue weighted by molar-refractivity contribution is 5.97. The molecule has 2 amide bonds. The van der Waals surface area contributed by atoms with Crippen LogP contribution >= 0.6 is 0 Å². The van der Waals surface area contributed by atoms with Crippen molar-refractivity contribution in [1.82, 2.24) is 5.32 Å². The minimum atomic E-state index is -0.332. The number of fused-ring (bicyclic) bond motifs is 1. The largest absolute Gasteiger partial charge is 0.323 e. The van der Waals surface area contributed by atoms with E-state index in [1.807, 2.05) is 49.4 Å². The molecule has 0 unspecified atom stereocenters. The SMILES string of the molecule is CCC1(CC)Cc2ccccc2C(NC(=O)Nc2cccc(C)c2)=C1C#N. The number of allylic oxidation sites excluding steroid dienone is 1. The summed E-state index contributed by atoms with van der Waals surface area (Å²) in [6, 6.07) is 17.7. The number of carbonyl (C=O) groups is 1. The van der Waals surface area contributed by atoms with E-state index in [4.69, 9.17) is 0 Å². The predicted octanol–water partition coefficient (Wildman–Crippen LogP) is 5.41. The Morgan fingerprint density at radius 3 is 2.52 bits per heavy atom. The lowest BCUT2D eigenvalue weighted by atomic mass is 9.66. The quantitative estimate of drug-likeness (QED) is 0.766. The van der Waals surface area contributed by atoms with Crippen molar-refractivity contribution in [3.05, 3.63) is 70.8 Å². The number of hydrogen-bond acceptors (Lipinski definition) is 2. The van der Waals surface area contributed by atoms with Gasteiger partial charge in [0.15, 0.2) is 0 Å². The molecule has 0 saturated carbocycles. The van der Waals surface area contributed by atoms with E-state index < -0.39 is 0 Å². The van der Waals surface area contributed by atoms with Crippen molar-refractivity contribution in [1.29, 1.82) is 5.26 Å². The van der Waals surface area contributed by atoms with Crippen molar-refractivity contribution in [2.45, 2.75) is 40.0 Å². The van der Waals surface area contributed by atoms with Gasteiger partial charge in [0.2, 0.25) is 0 Å². The fourth-order valence-corrected chi connectivity index (χ4v) is 3.93. The molecule has 0 atom stereocenters. The van der Waals surface area contributed by atoms with Gasteiger partial charge in [0.05, 0.1) is 17.3 Å². The van der Waals surface area contributed by atoms with E-state index in [1.165, 1.54) is 5.56 Å². The number of urea groups is 1. The second-order valence-corrected chi connectivity index (χ2v) is 7.13. The van der Waals surface area contributed by atoms with Gasteiger partial charge in [-0.05, 0) is 49.4 Å². The van der Waals surface area contributed by atoms with Crippen molar-refractivity contribution >= 4 is 17.4 Å². The van der Waals surface area contributed by atoms with Crippen LogP contribution < -0.4 is 10.6 Å². The fraction of sp³-hybridized carbons (Fsp3) is 0.304. The first kappa shape index (κ1) is 18.7. The number of nitrogens with zero attached hydrogens (tertiary/aromatic N) is 1. The molecule has 4 nitrogen and oxygen atoms in total. The third-order valence-electron chi connectivity index (χ3n) is 5.58. The zero-order valence-corrected chi connectivity index (χ0v) is 16.1. The number of carbonyl (C=O) groups excluding carboxylic acids is 1. The Labute approximate surface area is 160 Å². The first-order chi connectivity index (χ1) is 13.0. The lowest BCUT2D eigenvalue weighted by molar-refractivity contribution is 0.255. The van der Waals surface area contributed by atoms with Gasteiger partial charge in [-0.1, -0.05) is 50.2 Å². The highest BCUT2D eigenvalue weighted by Gasteiger charge is 2.39. The summed E-state index contributed by atoms with van der Waals surface area (Å²) < 4.78 is 0. The molecule has 0 aromatic heterocycles. The first-order valence-corrected chi connectivity index (χ1v) is 9.40. The van der Waals surface area contributed by atoms with Gasteiger partial charge < -0.3 is 10.6 Å². The summed E-state index contributed by atoms with van der Waals surface area (Å²) in [5.74, 6) is 0. The van der Waals surface area contributed by atoms with Gasteiger partial charge in [-0.25, -0.2) is 4.79 Å². The number of nitrogens with one attached hydrogen (secondary N) is 2. The average molecular weight is 359 g/mol. The van der Waals surface area contributed by atoms with Crippen LogP contribution in [-0.4, -0.2) is 6.03 Å². The van der Waals surface area contributed by atoms with Gasteiger partial charge in [0.1, 0.15) is 0 Å². The molecule has 1 aliphatic rings. The fourth-order valence-electron chi connectivity index (χ4n) is 3.93. The van der Waals surface area contributed by atoms with Gasteiger partial charge in [0, 0.05) is 16.7 Å². The number of hydrogen-bond donors (Lipinski definition) is 2. The van der Waals surface area contributed by atoms with Crippen LogP contribution in [0.2, 0.25) is 0 Å². The highest BCUT2D eigenvalue weighted by Crippen LogP contribution is 2.46. The summed E-state index contributed by atoms with van der Waals surface area (Å²) >= 11 is 0. The van der Waals surface area contributed by atoms with E-state index in [1.54, 1.807) is 0 Å². The lowest BCUT2D eigenvalue weighted by Gasteiger charge is -2.38. The number of rotatable bonds is 4. The van der Waals surface area contributed by atoms with Crippen LogP contribution in [-0.2, 0) is 6.42 Å². The second kappa shape index (κ2) is 7.67. The van der Waals surface area contributed by atoms with Crippen LogP contribution in [0.15, 0.2) is 54.1 Å². The maximum absolute atomic E-state index is 12.7. The van der Waals surface area contributed by atoms with Crippen molar-refractivity contribution in [2.24, 2.45) is 5.41 Å². The van der Waals surface area contributed by atoms with E-state index in [0.29, 0.717) is 11.3 Å². The molecule has 0 bridgehead atoms. The van der Waals surface area contributed by atoms with Gasteiger partial charge in [-0.3, -0.25) is 0 Å². The molecule has 2 aromatic carbocycles. The Hall–Kier alpha value is -3.06. The van der Waals surface area contributed by atoms with E-state index in [2.05, 4.69) is 36.6 Å². The van der Waals surface area contributed by atoms with E-state index in [9.17, 15) is 10.1 Å². The monoisotopic (exact) mass is 359 g/mol. The molecule has 0 spiro atoms. The molecule has 0 radical (unpaired) electrons. The Balaban J connectivity index is 2.00. The summed E-state index contributed by atoms with van der Waals surface area (Å²) in [5.41, 5.74) is 4.97. The van der Waals surface area contributed by atoms with Crippen LogP contribution in [0.1, 0.15) is 43.4 Å². The smallest absolute Gasteiger partial charge is 0.308 e. The maximum atomic E-state index is 12.7. The zero-order chi connectivity index (χ0) is 19.4. The minimum Gasteiger partial charge on any atom is -0.308 e. The molecule has 4 heteroatoms. The number of anilines is 1.